The van der Waals surface area contributed by atoms with Crippen LogP contribution in [0.1, 0.15) is 38.5 Å². The van der Waals surface area contributed by atoms with Crippen molar-refractivity contribution in [1.29, 1.82) is 0 Å². The number of nitrogens with zero attached hydrogens (tertiary/aromatic N) is 2. The van der Waals surface area contributed by atoms with Crippen molar-refractivity contribution in [3.8, 4) is 0 Å². The molecule has 4 nitrogen and oxygen atoms in total. The van der Waals surface area contributed by atoms with Gasteiger partial charge in [-0.05, 0) is 41.1 Å². The van der Waals surface area contributed by atoms with E-state index in [2.05, 4.69) is 31.2 Å². The summed E-state index contributed by atoms with van der Waals surface area (Å²) in [6.45, 7) is 0.219. The molecule has 5 heteroatoms. The van der Waals surface area contributed by atoms with E-state index in [0.29, 0.717) is 12.0 Å². The van der Waals surface area contributed by atoms with E-state index in [9.17, 15) is 5.11 Å². The smallest absolute Gasteiger partial charge is 0.143 e. The monoisotopic (exact) mass is 313 g/mol. The molecule has 0 radical (unpaired) electrons. The van der Waals surface area contributed by atoms with Crippen molar-refractivity contribution >= 4 is 21.7 Å². The minimum atomic E-state index is 0.219. The van der Waals surface area contributed by atoms with Gasteiger partial charge in [0, 0.05) is 18.8 Å². The summed E-state index contributed by atoms with van der Waals surface area (Å²) in [5.41, 5.74) is 0. The SMILES string of the molecule is OCCC(Nc1ncncc1Br)C1CCCCC1. The standard InChI is InChI=1S/C13H20BrN3O/c14-11-8-15-9-16-13(11)17-12(6-7-18)10-4-2-1-3-5-10/h8-10,12,18H,1-7H2,(H,15,16,17). The van der Waals surface area contributed by atoms with E-state index in [0.717, 1.165) is 16.7 Å². The van der Waals surface area contributed by atoms with Gasteiger partial charge >= 0.3 is 0 Å². The summed E-state index contributed by atoms with van der Waals surface area (Å²) in [5, 5.41) is 12.7. The van der Waals surface area contributed by atoms with Crippen LogP contribution in [0.3, 0.4) is 0 Å². The Hall–Kier alpha value is -0.680. The Bertz CT molecular complexity index is 369. The highest BCUT2D eigenvalue weighted by atomic mass is 79.9. The molecule has 1 saturated carbocycles. The predicted octanol–water partition coefficient (Wildman–Crippen LogP) is 2.98. The highest BCUT2D eigenvalue weighted by Crippen LogP contribution is 2.30. The summed E-state index contributed by atoms with van der Waals surface area (Å²) >= 11 is 3.45. The molecule has 0 aliphatic heterocycles. The number of halogens is 1. The number of hydrogen-bond donors (Lipinski definition) is 2. The van der Waals surface area contributed by atoms with Crippen LogP contribution >= 0.6 is 15.9 Å². The number of nitrogens with one attached hydrogen (secondary N) is 1. The number of aliphatic hydroxyl groups is 1. The molecule has 2 N–H and O–H groups in total. The second kappa shape index (κ2) is 7.04. The average Bonchev–Trinajstić information content (AvgIpc) is 2.42. The number of hydrogen-bond acceptors (Lipinski definition) is 4. The van der Waals surface area contributed by atoms with Crippen molar-refractivity contribution in [3.63, 3.8) is 0 Å². The Morgan fingerprint density at radius 3 is 2.83 bits per heavy atom. The molecule has 1 unspecified atom stereocenters. The van der Waals surface area contributed by atoms with Crippen LogP contribution in [0, 0.1) is 5.92 Å². The zero-order chi connectivity index (χ0) is 12.8. The van der Waals surface area contributed by atoms with Gasteiger partial charge in [-0.1, -0.05) is 19.3 Å². The molecule has 1 aromatic heterocycles. The van der Waals surface area contributed by atoms with Gasteiger partial charge in [0.05, 0.1) is 4.47 Å². The van der Waals surface area contributed by atoms with Crippen LogP contribution in [-0.2, 0) is 0 Å². The summed E-state index contributed by atoms with van der Waals surface area (Å²) < 4.78 is 0.878. The van der Waals surface area contributed by atoms with Crippen LogP contribution in [0.4, 0.5) is 5.82 Å². The summed E-state index contributed by atoms with van der Waals surface area (Å²) in [6.07, 6.45) is 10.5. The molecular weight excluding hydrogens is 294 g/mol. The van der Waals surface area contributed by atoms with Crippen molar-refractivity contribution in [2.75, 3.05) is 11.9 Å². The normalized spacial score (nSPS) is 18.6. The minimum absolute atomic E-state index is 0.219. The molecule has 1 aliphatic rings. The molecule has 100 valence electrons. The van der Waals surface area contributed by atoms with Gasteiger partial charge in [0.1, 0.15) is 12.1 Å². The van der Waals surface area contributed by atoms with Gasteiger partial charge in [-0.2, -0.15) is 0 Å². The lowest BCUT2D eigenvalue weighted by Crippen LogP contribution is -2.32. The molecule has 0 spiro atoms. The van der Waals surface area contributed by atoms with Crippen LogP contribution in [-0.4, -0.2) is 27.7 Å². The van der Waals surface area contributed by atoms with Crippen LogP contribution < -0.4 is 5.32 Å². The van der Waals surface area contributed by atoms with Crippen LogP contribution in [0.25, 0.3) is 0 Å². The second-order valence-electron chi connectivity index (χ2n) is 4.88. The highest BCUT2D eigenvalue weighted by Gasteiger charge is 2.23. The zero-order valence-electron chi connectivity index (χ0n) is 10.5. The Morgan fingerprint density at radius 2 is 2.17 bits per heavy atom. The van der Waals surface area contributed by atoms with E-state index in [-0.39, 0.29) is 6.61 Å². The molecule has 1 aromatic rings. The fourth-order valence-corrected chi connectivity index (χ4v) is 3.03. The molecule has 0 aromatic carbocycles. The maximum Gasteiger partial charge on any atom is 0.143 e. The Balaban J connectivity index is 2.03. The summed E-state index contributed by atoms with van der Waals surface area (Å²) in [7, 11) is 0. The molecule has 0 amide bonds. The molecule has 18 heavy (non-hydrogen) atoms. The Morgan fingerprint density at radius 1 is 1.39 bits per heavy atom. The summed E-state index contributed by atoms with van der Waals surface area (Å²) in [4.78, 5) is 8.21. The van der Waals surface area contributed by atoms with Gasteiger partial charge in [-0.25, -0.2) is 9.97 Å². The minimum Gasteiger partial charge on any atom is -0.396 e. The molecule has 1 aliphatic carbocycles. The van der Waals surface area contributed by atoms with Crippen molar-refractivity contribution in [3.05, 3.63) is 17.0 Å². The van der Waals surface area contributed by atoms with E-state index in [4.69, 9.17) is 0 Å². The third kappa shape index (κ3) is 3.65. The molecule has 1 atom stereocenters. The maximum atomic E-state index is 9.23. The van der Waals surface area contributed by atoms with Crippen molar-refractivity contribution in [2.45, 2.75) is 44.6 Å². The van der Waals surface area contributed by atoms with Crippen LogP contribution in [0.5, 0.6) is 0 Å². The highest BCUT2D eigenvalue weighted by molar-refractivity contribution is 9.10. The number of anilines is 1. The first-order valence-corrected chi connectivity index (χ1v) is 7.43. The predicted molar refractivity (Wildman–Crippen MR) is 75.4 cm³/mol. The first-order chi connectivity index (χ1) is 8.81. The third-order valence-corrected chi connectivity index (χ3v) is 4.23. The van der Waals surface area contributed by atoms with Crippen LogP contribution in [0.2, 0.25) is 0 Å². The van der Waals surface area contributed by atoms with Gasteiger partial charge in [-0.15, -0.1) is 0 Å². The summed E-state index contributed by atoms with van der Waals surface area (Å²) in [6, 6.07) is 0.307. The van der Waals surface area contributed by atoms with Crippen molar-refractivity contribution in [2.24, 2.45) is 5.92 Å². The summed E-state index contributed by atoms with van der Waals surface area (Å²) in [5.74, 6) is 1.47. The largest absolute Gasteiger partial charge is 0.396 e. The topological polar surface area (TPSA) is 58.0 Å². The van der Waals surface area contributed by atoms with Gasteiger partial charge in [-0.3, -0.25) is 0 Å². The van der Waals surface area contributed by atoms with Crippen molar-refractivity contribution in [1.82, 2.24) is 9.97 Å². The van der Waals surface area contributed by atoms with Gasteiger partial charge in [0.25, 0.3) is 0 Å². The van der Waals surface area contributed by atoms with Gasteiger partial charge < -0.3 is 10.4 Å². The fraction of sp³-hybridized carbons (Fsp3) is 0.692. The number of aliphatic hydroxyl groups excluding tert-OH is 1. The van der Waals surface area contributed by atoms with Crippen LogP contribution in [0.15, 0.2) is 17.0 Å². The van der Waals surface area contributed by atoms with E-state index < -0.39 is 0 Å². The van der Waals surface area contributed by atoms with E-state index in [1.54, 1.807) is 12.5 Å². The molecule has 0 saturated heterocycles. The zero-order valence-corrected chi connectivity index (χ0v) is 12.1. The van der Waals surface area contributed by atoms with E-state index in [1.165, 1.54) is 32.1 Å². The second-order valence-corrected chi connectivity index (χ2v) is 5.73. The van der Waals surface area contributed by atoms with E-state index >= 15 is 0 Å². The Labute approximate surface area is 116 Å². The average molecular weight is 314 g/mol. The molecular formula is C13H20BrN3O. The van der Waals surface area contributed by atoms with E-state index in [1.807, 2.05) is 0 Å². The maximum absolute atomic E-state index is 9.23. The van der Waals surface area contributed by atoms with Gasteiger partial charge in [0.15, 0.2) is 0 Å². The molecule has 1 heterocycles. The van der Waals surface area contributed by atoms with Gasteiger partial charge in [0.2, 0.25) is 0 Å². The quantitative estimate of drug-likeness (QED) is 0.877. The lowest BCUT2D eigenvalue weighted by Gasteiger charge is -2.31. The first kappa shape index (κ1) is 13.7. The molecule has 1 fully saturated rings. The molecule has 0 bridgehead atoms. The fourth-order valence-electron chi connectivity index (χ4n) is 2.70. The number of rotatable bonds is 5. The van der Waals surface area contributed by atoms with Crippen molar-refractivity contribution < 1.29 is 5.11 Å². The Kier molecular flexibility index (Phi) is 5.38. The number of aromatic nitrogens is 2. The first-order valence-electron chi connectivity index (χ1n) is 6.64. The third-order valence-electron chi connectivity index (χ3n) is 3.65. The lowest BCUT2D eigenvalue weighted by molar-refractivity contribution is 0.239. The lowest BCUT2D eigenvalue weighted by atomic mass is 9.83. The molecule has 2 rings (SSSR count).